The molecule has 0 bridgehead atoms. The first-order valence-corrected chi connectivity index (χ1v) is 6.88. The van der Waals surface area contributed by atoms with Crippen molar-refractivity contribution in [1.82, 2.24) is 0 Å². The van der Waals surface area contributed by atoms with Gasteiger partial charge in [0.25, 0.3) is 0 Å². The predicted molar refractivity (Wildman–Crippen MR) is 70.7 cm³/mol. The van der Waals surface area contributed by atoms with E-state index in [9.17, 15) is 0 Å². The highest BCUT2D eigenvalue weighted by Gasteiger charge is 2.12. The second kappa shape index (κ2) is 5.17. The Morgan fingerprint density at radius 2 is 2.06 bits per heavy atom. The molecule has 0 amide bonds. The number of thiophene rings is 1. The Morgan fingerprint density at radius 1 is 1.31 bits per heavy atom. The molecule has 0 saturated heterocycles. The van der Waals surface area contributed by atoms with Crippen LogP contribution in [-0.2, 0) is 12.8 Å². The molecular weight excluding hydrogens is 286 g/mol. The van der Waals surface area contributed by atoms with E-state index < -0.39 is 0 Å². The van der Waals surface area contributed by atoms with Crippen molar-refractivity contribution in [3.63, 3.8) is 0 Å². The molecule has 2 N–H and O–H groups in total. The minimum Gasteiger partial charge on any atom is -0.453 e. The Bertz CT molecular complexity index is 463. The van der Waals surface area contributed by atoms with E-state index in [0.717, 1.165) is 23.3 Å². The van der Waals surface area contributed by atoms with Crippen LogP contribution in [0, 0.1) is 0 Å². The molecule has 0 spiro atoms. The first-order chi connectivity index (χ1) is 7.69. The standard InChI is InChI=1S/C12H14BrNOS/c1-2-8-3-4-9(16-8)7-10(14)11-5-6-12(13)15-11/h3-6,10H,2,7,14H2,1H3. The summed E-state index contributed by atoms with van der Waals surface area (Å²) in [5.74, 6) is 0.832. The highest BCUT2D eigenvalue weighted by molar-refractivity contribution is 9.10. The molecule has 0 aromatic carbocycles. The molecule has 0 radical (unpaired) electrons. The fourth-order valence-electron chi connectivity index (χ4n) is 1.57. The van der Waals surface area contributed by atoms with E-state index in [1.54, 1.807) is 0 Å². The van der Waals surface area contributed by atoms with Gasteiger partial charge in [-0.3, -0.25) is 0 Å². The summed E-state index contributed by atoms with van der Waals surface area (Å²) in [6, 6.07) is 8.06. The van der Waals surface area contributed by atoms with Crippen molar-refractivity contribution < 1.29 is 4.42 Å². The van der Waals surface area contributed by atoms with Crippen molar-refractivity contribution >= 4 is 27.3 Å². The lowest BCUT2D eigenvalue weighted by molar-refractivity contribution is 0.449. The van der Waals surface area contributed by atoms with Crippen LogP contribution in [0.25, 0.3) is 0 Å². The van der Waals surface area contributed by atoms with Crippen LogP contribution in [0.3, 0.4) is 0 Å². The van der Waals surface area contributed by atoms with E-state index in [1.165, 1.54) is 9.75 Å². The Labute approximate surface area is 108 Å². The van der Waals surface area contributed by atoms with Crippen molar-refractivity contribution in [1.29, 1.82) is 0 Å². The van der Waals surface area contributed by atoms with Crippen LogP contribution in [0.15, 0.2) is 33.4 Å². The number of aryl methyl sites for hydroxylation is 1. The van der Waals surface area contributed by atoms with Gasteiger partial charge in [0.1, 0.15) is 5.76 Å². The van der Waals surface area contributed by atoms with Gasteiger partial charge in [0, 0.05) is 16.2 Å². The summed E-state index contributed by atoms with van der Waals surface area (Å²) < 4.78 is 6.18. The fourth-order valence-corrected chi connectivity index (χ4v) is 2.90. The van der Waals surface area contributed by atoms with E-state index in [-0.39, 0.29) is 6.04 Å². The lowest BCUT2D eigenvalue weighted by Crippen LogP contribution is -2.11. The zero-order valence-electron chi connectivity index (χ0n) is 9.07. The van der Waals surface area contributed by atoms with E-state index >= 15 is 0 Å². The van der Waals surface area contributed by atoms with E-state index in [2.05, 4.69) is 35.0 Å². The Morgan fingerprint density at radius 3 is 2.62 bits per heavy atom. The van der Waals surface area contributed by atoms with Gasteiger partial charge in [0.15, 0.2) is 4.67 Å². The number of furan rings is 1. The molecule has 16 heavy (non-hydrogen) atoms. The summed E-state index contributed by atoms with van der Waals surface area (Å²) in [6.07, 6.45) is 1.93. The molecule has 86 valence electrons. The molecule has 0 saturated carbocycles. The van der Waals surface area contributed by atoms with E-state index in [4.69, 9.17) is 10.2 Å². The molecule has 2 nitrogen and oxygen atoms in total. The average Bonchev–Trinajstić information content (AvgIpc) is 2.87. The molecule has 1 atom stereocenters. The summed E-state index contributed by atoms with van der Waals surface area (Å²) in [6.45, 7) is 2.17. The van der Waals surface area contributed by atoms with E-state index in [1.807, 2.05) is 23.5 Å². The fraction of sp³-hybridized carbons (Fsp3) is 0.333. The minimum absolute atomic E-state index is 0.0605. The van der Waals surface area contributed by atoms with Crippen molar-refractivity contribution in [2.75, 3.05) is 0 Å². The second-order valence-electron chi connectivity index (χ2n) is 3.67. The molecule has 2 rings (SSSR count). The van der Waals surface area contributed by atoms with E-state index in [0.29, 0.717) is 0 Å². The van der Waals surface area contributed by atoms with Crippen molar-refractivity contribution in [2.24, 2.45) is 5.73 Å². The molecule has 2 aromatic rings. The SMILES string of the molecule is CCc1ccc(CC(N)c2ccc(Br)o2)s1. The average molecular weight is 300 g/mol. The van der Waals surface area contributed by atoms with Gasteiger partial charge in [-0.1, -0.05) is 6.92 Å². The second-order valence-corrected chi connectivity index (χ2v) is 5.71. The van der Waals surface area contributed by atoms with Gasteiger partial charge >= 0.3 is 0 Å². The molecule has 4 heteroatoms. The summed E-state index contributed by atoms with van der Waals surface area (Å²) >= 11 is 5.11. The van der Waals surface area contributed by atoms with Gasteiger partial charge in [-0.15, -0.1) is 11.3 Å². The van der Waals surface area contributed by atoms with Crippen LogP contribution < -0.4 is 5.73 Å². The van der Waals surface area contributed by atoms with Gasteiger partial charge in [-0.25, -0.2) is 0 Å². The molecule has 2 heterocycles. The van der Waals surface area contributed by atoms with Gasteiger partial charge in [-0.2, -0.15) is 0 Å². The molecule has 1 unspecified atom stereocenters. The summed E-state index contributed by atoms with van der Waals surface area (Å²) in [5.41, 5.74) is 6.08. The van der Waals surface area contributed by atoms with Gasteiger partial charge in [-0.05, 0) is 46.6 Å². The monoisotopic (exact) mass is 299 g/mol. The van der Waals surface area contributed by atoms with Crippen LogP contribution in [0.5, 0.6) is 0 Å². The maximum absolute atomic E-state index is 6.08. The molecule has 0 aliphatic heterocycles. The molecule has 0 aliphatic carbocycles. The number of rotatable bonds is 4. The number of hydrogen-bond acceptors (Lipinski definition) is 3. The van der Waals surface area contributed by atoms with Crippen molar-refractivity contribution in [3.05, 3.63) is 44.4 Å². The third-order valence-corrected chi connectivity index (χ3v) is 4.12. The van der Waals surface area contributed by atoms with Crippen LogP contribution >= 0.6 is 27.3 Å². The van der Waals surface area contributed by atoms with Crippen LogP contribution in [0.1, 0.15) is 28.5 Å². The molecule has 0 fully saturated rings. The zero-order chi connectivity index (χ0) is 11.5. The minimum atomic E-state index is -0.0605. The summed E-state index contributed by atoms with van der Waals surface area (Å²) in [7, 11) is 0. The summed E-state index contributed by atoms with van der Waals surface area (Å²) in [5, 5.41) is 0. The number of halogens is 1. The van der Waals surface area contributed by atoms with Crippen LogP contribution in [-0.4, -0.2) is 0 Å². The molecule has 2 aromatic heterocycles. The van der Waals surface area contributed by atoms with Crippen LogP contribution in [0.2, 0.25) is 0 Å². The van der Waals surface area contributed by atoms with Gasteiger partial charge in [0.05, 0.1) is 6.04 Å². The number of hydrogen-bond donors (Lipinski definition) is 1. The van der Waals surface area contributed by atoms with Gasteiger partial charge in [0.2, 0.25) is 0 Å². The maximum Gasteiger partial charge on any atom is 0.169 e. The third kappa shape index (κ3) is 2.75. The zero-order valence-corrected chi connectivity index (χ0v) is 11.5. The van der Waals surface area contributed by atoms with Gasteiger partial charge < -0.3 is 10.2 Å². The Balaban J connectivity index is 2.04. The molecule has 0 aliphatic rings. The quantitative estimate of drug-likeness (QED) is 0.930. The topological polar surface area (TPSA) is 39.2 Å². The first-order valence-electron chi connectivity index (χ1n) is 5.27. The van der Waals surface area contributed by atoms with Crippen molar-refractivity contribution in [2.45, 2.75) is 25.8 Å². The lowest BCUT2D eigenvalue weighted by Gasteiger charge is -2.06. The first kappa shape index (κ1) is 11.9. The maximum atomic E-state index is 6.08. The smallest absolute Gasteiger partial charge is 0.169 e. The Kier molecular flexibility index (Phi) is 3.84. The highest BCUT2D eigenvalue weighted by atomic mass is 79.9. The lowest BCUT2D eigenvalue weighted by atomic mass is 10.1. The largest absolute Gasteiger partial charge is 0.453 e. The predicted octanol–water partition coefficient (Wildman–Crippen LogP) is 3.91. The number of nitrogens with two attached hydrogens (primary N) is 1. The molecular formula is C12H14BrNOS. The Hall–Kier alpha value is -0.580. The highest BCUT2D eigenvalue weighted by Crippen LogP contribution is 2.25. The summed E-state index contributed by atoms with van der Waals surface area (Å²) in [4.78, 5) is 2.72. The van der Waals surface area contributed by atoms with Crippen LogP contribution in [0.4, 0.5) is 0 Å². The third-order valence-electron chi connectivity index (χ3n) is 2.45. The van der Waals surface area contributed by atoms with Crippen molar-refractivity contribution in [3.8, 4) is 0 Å². The normalized spacial score (nSPS) is 12.9.